The van der Waals surface area contributed by atoms with Crippen molar-refractivity contribution in [1.82, 2.24) is 19.9 Å². The summed E-state index contributed by atoms with van der Waals surface area (Å²) in [5, 5.41) is 0. The van der Waals surface area contributed by atoms with Crippen molar-refractivity contribution in [1.29, 1.82) is 0 Å². The Kier molecular flexibility index (Phi) is 2.78. The summed E-state index contributed by atoms with van der Waals surface area (Å²) >= 11 is 4.91. The van der Waals surface area contributed by atoms with Gasteiger partial charge in [-0.3, -0.25) is 0 Å². The van der Waals surface area contributed by atoms with E-state index in [-0.39, 0.29) is 31.0 Å². The number of imidazole rings is 1. The first-order chi connectivity index (χ1) is 4.88. The number of rotatable bonds is 0. The minimum Gasteiger partial charge on any atom is -1.00 e. The molecule has 4 nitrogen and oxygen atoms in total. The predicted molar refractivity (Wildman–Crippen MR) is 40.2 cm³/mol. The Balaban J connectivity index is 0.000000605. The topological polar surface area (TPSA) is 57.4 Å². The first-order valence-corrected chi connectivity index (χ1v) is 3.15. The van der Waals surface area contributed by atoms with Crippen molar-refractivity contribution in [2.45, 2.75) is 0 Å². The van der Waals surface area contributed by atoms with Gasteiger partial charge in [0.25, 0.3) is 0 Å². The minimum absolute atomic E-state index is 0. The maximum atomic E-state index is 4.91. The quantitative estimate of drug-likeness (QED) is 0.365. The van der Waals surface area contributed by atoms with Gasteiger partial charge in [-0.15, -0.1) is 0 Å². The van der Waals surface area contributed by atoms with Gasteiger partial charge < -0.3 is 11.4 Å². The van der Waals surface area contributed by atoms with E-state index < -0.39 is 0 Å². The van der Waals surface area contributed by atoms with Gasteiger partial charge in [-0.2, -0.15) is 0 Å². The number of nitrogens with zero attached hydrogens (tertiary/aromatic N) is 2. The van der Waals surface area contributed by atoms with Gasteiger partial charge in [0.05, 0.1) is 12.7 Å². The normalized spacial score (nSPS) is 9.45. The fraction of sp³-hybridized carbons (Fsp3) is 0. The Morgan fingerprint density at radius 2 is 2.00 bits per heavy atom. The van der Waals surface area contributed by atoms with E-state index in [9.17, 15) is 0 Å². The molecule has 0 spiro atoms. The van der Waals surface area contributed by atoms with Crippen LogP contribution in [0.5, 0.6) is 0 Å². The summed E-state index contributed by atoms with van der Waals surface area (Å²) in [6, 6.07) is 0. The van der Waals surface area contributed by atoms with Gasteiger partial charge in [0.2, 0.25) is 0 Å². The van der Waals surface area contributed by atoms with Gasteiger partial charge in [-0.25, -0.2) is 9.97 Å². The van der Waals surface area contributed by atoms with Crippen molar-refractivity contribution in [3.63, 3.8) is 0 Å². The zero-order chi connectivity index (χ0) is 6.97. The average Bonchev–Trinajstić information content (AvgIpc) is 2.36. The summed E-state index contributed by atoms with van der Waals surface area (Å²) < 4.78 is 0.547. The molecule has 0 aliphatic rings. The number of fused-ring (bicyclic) bond motifs is 1. The molecule has 2 aromatic rings. The Labute approximate surface area is 91.2 Å². The van der Waals surface area contributed by atoms with E-state index in [1.165, 1.54) is 6.33 Å². The SMILES string of the molecule is S=c1nc[nH]c2nc[nH]c12.[H-].[Na+]. The minimum atomic E-state index is 0. The molecule has 0 atom stereocenters. The van der Waals surface area contributed by atoms with Gasteiger partial charge in [-0.1, -0.05) is 12.2 Å². The van der Waals surface area contributed by atoms with Crippen LogP contribution in [0.3, 0.4) is 0 Å². The van der Waals surface area contributed by atoms with Crippen molar-refractivity contribution in [3.05, 3.63) is 17.3 Å². The van der Waals surface area contributed by atoms with Crippen LogP contribution in [0.15, 0.2) is 12.7 Å². The number of H-pyrrole nitrogens is 2. The second kappa shape index (κ2) is 3.44. The second-order valence-electron chi connectivity index (χ2n) is 1.83. The maximum Gasteiger partial charge on any atom is 1.00 e. The molecule has 0 fully saturated rings. The number of aromatic amines is 2. The Hall–Kier alpha value is -0.230. The molecule has 0 amide bonds. The smallest absolute Gasteiger partial charge is 1.00 e. The van der Waals surface area contributed by atoms with E-state index in [0.29, 0.717) is 4.64 Å². The molecule has 6 heteroatoms. The van der Waals surface area contributed by atoms with Gasteiger partial charge in [0.15, 0.2) is 10.3 Å². The van der Waals surface area contributed by atoms with E-state index in [1.807, 2.05) is 0 Å². The Bertz CT molecular complexity index is 411. The predicted octanol–water partition coefficient (Wildman–Crippen LogP) is -1.87. The Morgan fingerprint density at radius 3 is 2.73 bits per heavy atom. The maximum absolute atomic E-state index is 4.91. The molecular formula is C5H5N4NaS. The summed E-state index contributed by atoms with van der Waals surface area (Å²) in [7, 11) is 0. The molecule has 52 valence electrons. The molecule has 0 radical (unpaired) electrons. The number of nitrogens with one attached hydrogen (secondary N) is 2. The van der Waals surface area contributed by atoms with Gasteiger partial charge in [-0.05, 0) is 0 Å². The van der Waals surface area contributed by atoms with Gasteiger partial charge in [0.1, 0.15) is 5.52 Å². The molecule has 2 N–H and O–H groups in total. The van der Waals surface area contributed by atoms with Crippen LogP contribution in [0, 0.1) is 4.64 Å². The summed E-state index contributed by atoms with van der Waals surface area (Å²) in [6.07, 6.45) is 3.12. The number of hydrogen-bond acceptors (Lipinski definition) is 3. The third kappa shape index (κ3) is 1.51. The molecule has 0 unspecified atom stereocenters. The van der Waals surface area contributed by atoms with Crippen LogP contribution in [0.2, 0.25) is 0 Å². The summed E-state index contributed by atoms with van der Waals surface area (Å²) in [5.74, 6) is 0. The van der Waals surface area contributed by atoms with E-state index >= 15 is 0 Å². The van der Waals surface area contributed by atoms with Crippen molar-refractivity contribution in [3.8, 4) is 0 Å². The van der Waals surface area contributed by atoms with Crippen molar-refractivity contribution < 1.29 is 31.0 Å². The number of hydrogen-bond donors (Lipinski definition) is 2. The third-order valence-electron chi connectivity index (χ3n) is 1.24. The van der Waals surface area contributed by atoms with E-state index in [0.717, 1.165) is 11.2 Å². The molecule has 2 aromatic heterocycles. The summed E-state index contributed by atoms with van der Waals surface area (Å²) in [4.78, 5) is 13.6. The van der Waals surface area contributed by atoms with E-state index in [2.05, 4.69) is 19.9 Å². The largest absolute Gasteiger partial charge is 1.00 e. The van der Waals surface area contributed by atoms with Crippen LogP contribution in [0.25, 0.3) is 11.2 Å². The molecule has 0 bridgehead atoms. The molecule has 0 saturated carbocycles. The Morgan fingerprint density at radius 1 is 1.27 bits per heavy atom. The van der Waals surface area contributed by atoms with Crippen LogP contribution in [0.4, 0.5) is 0 Å². The standard InChI is InChI=1S/C5H4N4S.Na.H/c10-5-3-4(7-1-6-3)8-2-9-5;;/h1-2H,(H2,6,7,8,9,10);;/q;+1;-1. The van der Waals surface area contributed by atoms with Crippen LogP contribution in [0.1, 0.15) is 1.43 Å². The van der Waals surface area contributed by atoms with Crippen molar-refractivity contribution in [2.75, 3.05) is 0 Å². The first kappa shape index (κ1) is 8.86. The van der Waals surface area contributed by atoms with Crippen molar-refractivity contribution >= 4 is 23.4 Å². The zero-order valence-corrected chi connectivity index (χ0v) is 8.77. The van der Waals surface area contributed by atoms with E-state index in [1.54, 1.807) is 6.33 Å². The molecule has 2 rings (SSSR count). The fourth-order valence-corrected chi connectivity index (χ4v) is 0.992. The molecular weight excluding hydrogens is 171 g/mol. The fourth-order valence-electron chi connectivity index (χ4n) is 0.783. The van der Waals surface area contributed by atoms with Gasteiger partial charge >= 0.3 is 29.6 Å². The molecule has 11 heavy (non-hydrogen) atoms. The second-order valence-corrected chi connectivity index (χ2v) is 2.22. The monoisotopic (exact) mass is 176 g/mol. The molecule has 0 aromatic carbocycles. The summed E-state index contributed by atoms with van der Waals surface area (Å²) in [6.45, 7) is 0. The zero-order valence-electron chi connectivity index (χ0n) is 6.96. The van der Waals surface area contributed by atoms with Gasteiger partial charge in [0, 0.05) is 0 Å². The van der Waals surface area contributed by atoms with Crippen molar-refractivity contribution in [2.24, 2.45) is 0 Å². The number of aromatic nitrogens is 4. The van der Waals surface area contributed by atoms with Crippen LogP contribution >= 0.6 is 12.2 Å². The van der Waals surface area contributed by atoms with Crippen LogP contribution < -0.4 is 29.6 Å². The average molecular weight is 176 g/mol. The third-order valence-corrected chi connectivity index (χ3v) is 1.55. The van der Waals surface area contributed by atoms with E-state index in [4.69, 9.17) is 12.2 Å². The molecule has 0 aliphatic heterocycles. The van der Waals surface area contributed by atoms with Crippen LogP contribution in [-0.2, 0) is 0 Å². The molecule has 2 heterocycles. The molecule has 0 aliphatic carbocycles. The van der Waals surface area contributed by atoms with Crippen LogP contribution in [-0.4, -0.2) is 19.9 Å². The summed E-state index contributed by atoms with van der Waals surface area (Å²) in [5.41, 5.74) is 1.54. The first-order valence-electron chi connectivity index (χ1n) is 2.75. The molecule has 0 saturated heterocycles.